The maximum Gasteiger partial charge on any atom is 0.241 e. The molecule has 1 amide bonds. The lowest BCUT2D eigenvalue weighted by molar-refractivity contribution is -0.122. The van der Waals surface area contributed by atoms with Crippen LogP contribution in [0.15, 0.2) is 52.7 Å². The third-order valence-electron chi connectivity index (χ3n) is 5.38. The highest BCUT2D eigenvalue weighted by atomic mass is 32.2. The normalized spacial score (nSPS) is 18.3. The number of hydrogen-bond acceptors (Lipinski definition) is 5. The van der Waals surface area contributed by atoms with Crippen molar-refractivity contribution in [2.45, 2.75) is 43.7 Å². The van der Waals surface area contributed by atoms with Gasteiger partial charge in [0.05, 0.1) is 17.0 Å². The summed E-state index contributed by atoms with van der Waals surface area (Å²) in [4.78, 5) is 16.4. The van der Waals surface area contributed by atoms with E-state index in [1.807, 2.05) is 11.4 Å². The number of nitrogens with zero attached hydrogens (tertiary/aromatic N) is 1. The minimum absolute atomic E-state index is 0.115. The Labute approximate surface area is 177 Å². The smallest absolute Gasteiger partial charge is 0.241 e. The molecule has 0 radical (unpaired) electrons. The van der Waals surface area contributed by atoms with E-state index in [-0.39, 0.29) is 16.8 Å². The van der Waals surface area contributed by atoms with Crippen molar-refractivity contribution in [1.82, 2.24) is 14.9 Å². The maximum absolute atomic E-state index is 12.6. The zero-order valence-corrected chi connectivity index (χ0v) is 18.5. The number of hydrogen-bond donors (Lipinski definition) is 2. The van der Waals surface area contributed by atoms with Crippen molar-refractivity contribution in [3.8, 4) is 0 Å². The maximum atomic E-state index is 12.6. The van der Waals surface area contributed by atoms with Crippen LogP contribution >= 0.6 is 11.3 Å². The highest BCUT2D eigenvalue weighted by molar-refractivity contribution is 7.89. The number of carbonyl (C=O) groups is 1. The number of sulfonamides is 1. The number of benzene rings is 1. The van der Waals surface area contributed by atoms with Crippen molar-refractivity contribution >= 4 is 27.3 Å². The number of nitrogens with one attached hydrogen (secondary N) is 2. The second-order valence-electron chi connectivity index (χ2n) is 7.65. The Kier molecular flexibility index (Phi) is 7.45. The third kappa shape index (κ3) is 5.88. The topological polar surface area (TPSA) is 78.5 Å². The van der Waals surface area contributed by atoms with E-state index in [2.05, 4.69) is 27.9 Å². The molecule has 0 bridgehead atoms. The molecule has 1 aliphatic heterocycles. The first-order chi connectivity index (χ1) is 13.9. The summed E-state index contributed by atoms with van der Waals surface area (Å²) < 4.78 is 27.4. The zero-order valence-electron chi connectivity index (χ0n) is 16.9. The first kappa shape index (κ1) is 22.0. The largest absolute Gasteiger partial charge is 0.353 e. The van der Waals surface area contributed by atoms with E-state index in [1.54, 1.807) is 36.5 Å². The molecule has 158 valence electrons. The molecule has 0 spiro atoms. The van der Waals surface area contributed by atoms with Gasteiger partial charge in [-0.15, -0.1) is 11.3 Å². The van der Waals surface area contributed by atoms with E-state index in [1.165, 1.54) is 17.0 Å². The predicted molar refractivity (Wildman–Crippen MR) is 116 cm³/mol. The van der Waals surface area contributed by atoms with Gasteiger partial charge in [-0.3, -0.25) is 9.69 Å². The van der Waals surface area contributed by atoms with Crippen LogP contribution in [0.3, 0.4) is 0 Å². The van der Waals surface area contributed by atoms with Crippen LogP contribution in [-0.2, 0) is 14.8 Å². The lowest BCUT2D eigenvalue weighted by Crippen LogP contribution is -2.48. The summed E-state index contributed by atoms with van der Waals surface area (Å²) in [7, 11) is -3.73. The molecule has 1 aromatic heterocycles. The van der Waals surface area contributed by atoms with Crippen molar-refractivity contribution in [3.63, 3.8) is 0 Å². The quantitative estimate of drug-likeness (QED) is 0.668. The summed E-state index contributed by atoms with van der Waals surface area (Å²) >= 11 is 1.69. The minimum atomic E-state index is -3.73. The molecule has 1 aromatic carbocycles. The molecule has 29 heavy (non-hydrogen) atoms. The van der Waals surface area contributed by atoms with E-state index >= 15 is 0 Å². The molecule has 2 unspecified atom stereocenters. The van der Waals surface area contributed by atoms with Gasteiger partial charge in [-0.05, 0) is 62.4 Å². The van der Waals surface area contributed by atoms with E-state index < -0.39 is 16.1 Å². The number of likely N-dealkylation sites (tertiary alicyclic amines) is 1. The standard InChI is InChI=1S/C21H29N3O3S2/c1-16-10-12-24(13-11-16)19(20-9-6-14-28-20)15-22-21(25)17(2)23-29(26,27)18-7-4-3-5-8-18/h3-9,14,16-17,19,23H,10-13,15H2,1-2H3,(H,22,25). The number of carbonyl (C=O) groups excluding carboxylic acids is 1. The van der Waals surface area contributed by atoms with Crippen LogP contribution in [0.4, 0.5) is 0 Å². The van der Waals surface area contributed by atoms with Gasteiger partial charge in [0.25, 0.3) is 0 Å². The summed E-state index contributed by atoms with van der Waals surface area (Å²) in [5.41, 5.74) is 0. The average Bonchev–Trinajstić information content (AvgIpc) is 3.24. The molecule has 2 atom stereocenters. The Bertz CT molecular complexity index is 877. The van der Waals surface area contributed by atoms with Crippen molar-refractivity contribution in [1.29, 1.82) is 0 Å². The Morgan fingerprint density at radius 3 is 2.48 bits per heavy atom. The van der Waals surface area contributed by atoms with Crippen molar-refractivity contribution < 1.29 is 13.2 Å². The van der Waals surface area contributed by atoms with Crippen LogP contribution in [0.1, 0.15) is 37.6 Å². The Balaban J connectivity index is 1.61. The van der Waals surface area contributed by atoms with Crippen LogP contribution in [-0.4, -0.2) is 44.9 Å². The summed E-state index contributed by atoms with van der Waals surface area (Å²) in [5, 5.41) is 5.00. The van der Waals surface area contributed by atoms with Crippen LogP contribution in [0.25, 0.3) is 0 Å². The van der Waals surface area contributed by atoms with Crippen molar-refractivity contribution in [3.05, 3.63) is 52.7 Å². The minimum Gasteiger partial charge on any atom is -0.353 e. The molecule has 0 aliphatic carbocycles. The highest BCUT2D eigenvalue weighted by Crippen LogP contribution is 2.29. The van der Waals surface area contributed by atoms with Gasteiger partial charge in [-0.25, -0.2) is 8.42 Å². The van der Waals surface area contributed by atoms with Gasteiger partial charge in [0, 0.05) is 11.4 Å². The van der Waals surface area contributed by atoms with Crippen molar-refractivity contribution in [2.24, 2.45) is 5.92 Å². The number of thiophene rings is 1. The third-order valence-corrected chi connectivity index (χ3v) is 7.91. The van der Waals surface area contributed by atoms with Gasteiger partial charge >= 0.3 is 0 Å². The Morgan fingerprint density at radius 2 is 1.86 bits per heavy atom. The lowest BCUT2D eigenvalue weighted by Gasteiger charge is -2.36. The fraction of sp³-hybridized carbons (Fsp3) is 0.476. The van der Waals surface area contributed by atoms with Gasteiger partial charge in [0.15, 0.2) is 0 Å². The monoisotopic (exact) mass is 435 g/mol. The van der Waals surface area contributed by atoms with Crippen LogP contribution in [0, 0.1) is 5.92 Å². The van der Waals surface area contributed by atoms with E-state index in [4.69, 9.17) is 0 Å². The van der Waals surface area contributed by atoms with Crippen LogP contribution < -0.4 is 10.0 Å². The Hall–Kier alpha value is -1.74. The van der Waals surface area contributed by atoms with E-state index in [0.717, 1.165) is 31.8 Å². The fourth-order valence-electron chi connectivity index (χ4n) is 3.54. The molecule has 2 heterocycles. The van der Waals surface area contributed by atoms with Crippen LogP contribution in [0.5, 0.6) is 0 Å². The molecular weight excluding hydrogens is 406 g/mol. The number of piperidine rings is 1. The van der Waals surface area contributed by atoms with Gasteiger partial charge < -0.3 is 5.32 Å². The molecule has 8 heteroatoms. The molecule has 3 rings (SSSR count). The van der Waals surface area contributed by atoms with E-state index in [9.17, 15) is 13.2 Å². The second kappa shape index (κ2) is 9.84. The first-order valence-corrected chi connectivity index (χ1v) is 12.4. The summed E-state index contributed by atoms with van der Waals surface area (Å²) in [6.45, 7) is 6.33. The summed E-state index contributed by atoms with van der Waals surface area (Å²) in [6, 6.07) is 11.5. The number of rotatable bonds is 8. The average molecular weight is 436 g/mol. The molecular formula is C21H29N3O3S2. The zero-order chi connectivity index (χ0) is 20.9. The second-order valence-corrected chi connectivity index (χ2v) is 10.3. The Morgan fingerprint density at radius 1 is 1.17 bits per heavy atom. The summed E-state index contributed by atoms with van der Waals surface area (Å²) in [5.74, 6) is 0.411. The van der Waals surface area contributed by atoms with Gasteiger partial charge in [-0.1, -0.05) is 31.2 Å². The van der Waals surface area contributed by atoms with E-state index in [0.29, 0.717) is 6.54 Å². The van der Waals surface area contributed by atoms with Crippen LogP contribution in [0.2, 0.25) is 0 Å². The summed E-state index contributed by atoms with van der Waals surface area (Å²) in [6.07, 6.45) is 2.31. The molecule has 1 aliphatic rings. The first-order valence-electron chi connectivity index (χ1n) is 9.99. The number of amides is 1. The molecule has 1 fully saturated rings. The lowest BCUT2D eigenvalue weighted by atomic mass is 9.97. The van der Waals surface area contributed by atoms with Gasteiger partial charge in [0.2, 0.25) is 15.9 Å². The SMILES string of the molecule is CC1CCN(C(CNC(=O)C(C)NS(=O)(=O)c2ccccc2)c2cccs2)CC1. The molecule has 6 nitrogen and oxygen atoms in total. The van der Waals surface area contributed by atoms with Gasteiger partial charge in [0.1, 0.15) is 0 Å². The predicted octanol–water partition coefficient (Wildman–Crippen LogP) is 3.00. The molecule has 2 aromatic rings. The van der Waals surface area contributed by atoms with Gasteiger partial charge in [-0.2, -0.15) is 4.72 Å². The van der Waals surface area contributed by atoms with Crippen molar-refractivity contribution in [2.75, 3.05) is 19.6 Å². The fourth-order valence-corrected chi connectivity index (χ4v) is 5.62. The molecule has 2 N–H and O–H groups in total. The molecule has 1 saturated heterocycles. The molecule has 0 saturated carbocycles. The highest BCUT2D eigenvalue weighted by Gasteiger charge is 2.27.